The van der Waals surface area contributed by atoms with E-state index in [2.05, 4.69) is 75.8 Å². The minimum absolute atomic E-state index is 0.671. The van der Waals surface area contributed by atoms with E-state index in [0.29, 0.717) is 6.04 Å². The molecular weight excluding hydrogens is 298 g/mol. The third-order valence-electron chi connectivity index (χ3n) is 3.89. The molecule has 1 saturated carbocycles. The van der Waals surface area contributed by atoms with E-state index >= 15 is 0 Å². The fourth-order valence-corrected chi connectivity index (χ4v) is 3.14. The molecule has 0 unspecified atom stereocenters. The first-order chi connectivity index (χ1) is 9.31. The number of hydrogen-bond donors (Lipinski definition) is 1. The van der Waals surface area contributed by atoms with Crippen molar-refractivity contribution >= 4 is 15.9 Å². The highest BCUT2D eigenvalue weighted by atomic mass is 79.9. The van der Waals surface area contributed by atoms with Gasteiger partial charge >= 0.3 is 0 Å². The Morgan fingerprint density at radius 3 is 2.53 bits per heavy atom. The molecule has 0 bridgehead atoms. The third kappa shape index (κ3) is 3.26. The van der Waals surface area contributed by atoms with Gasteiger partial charge in [0.05, 0.1) is 0 Å². The van der Waals surface area contributed by atoms with E-state index in [0.717, 1.165) is 16.9 Å². The Hall–Kier alpha value is -1.12. The molecule has 1 N–H and O–H groups in total. The van der Waals surface area contributed by atoms with Gasteiger partial charge in [-0.25, -0.2) is 0 Å². The quantitative estimate of drug-likeness (QED) is 0.876. The van der Waals surface area contributed by atoms with Crippen molar-refractivity contribution in [3.05, 3.63) is 70.2 Å². The third-order valence-corrected chi connectivity index (χ3v) is 4.39. The van der Waals surface area contributed by atoms with Crippen LogP contribution in [-0.4, -0.2) is 6.04 Å². The molecular formula is C17H18BrN. The van der Waals surface area contributed by atoms with E-state index in [9.17, 15) is 0 Å². The van der Waals surface area contributed by atoms with Crippen molar-refractivity contribution in [1.82, 2.24) is 5.32 Å². The highest BCUT2D eigenvalue weighted by Crippen LogP contribution is 2.36. The molecule has 1 aliphatic rings. The summed E-state index contributed by atoms with van der Waals surface area (Å²) in [6.45, 7) is 0.964. The second kappa shape index (κ2) is 5.89. The SMILES string of the molecule is Brc1cccc(CNC2CC(c3ccccc3)C2)c1. The van der Waals surface area contributed by atoms with Crippen LogP contribution in [0.2, 0.25) is 0 Å². The van der Waals surface area contributed by atoms with E-state index in [-0.39, 0.29) is 0 Å². The standard InChI is InChI=1S/C17H18BrN/c18-16-8-4-5-13(9-16)12-19-17-10-15(11-17)14-6-2-1-3-7-14/h1-9,15,17,19H,10-12H2. The fraction of sp³-hybridized carbons (Fsp3) is 0.294. The summed E-state index contributed by atoms with van der Waals surface area (Å²) in [5, 5.41) is 3.64. The lowest BCUT2D eigenvalue weighted by Gasteiger charge is -2.36. The minimum Gasteiger partial charge on any atom is -0.310 e. The molecule has 3 rings (SSSR count). The zero-order chi connectivity index (χ0) is 13.1. The molecule has 1 fully saturated rings. The molecule has 2 aromatic rings. The van der Waals surface area contributed by atoms with Gasteiger partial charge in [-0.3, -0.25) is 0 Å². The summed E-state index contributed by atoms with van der Waals surface area (Å²) in [5.41, 5.74) is 2.83. The Balaban J connectivity index is 1.47. The lowest BCUT2D eigenvalue weighted by molar-refractivity contribution is 0.289. The second-order valence-corrected chi connectivity index (χ2v) is 6.20. The second-order valence-electron chi connectivity index (χ2n) is 5.29. The van der Waals surface area contributed by atoms with Crippen LogP contribution >= 0.6 is 15.9 Å². The number of rotatable bonds is 4. The predicted octanol–water partition coefficient (Wildman–Crippen LogP) is 4.48. The van der Waals surface area contributed by atoms with Gasteiger partial charge in [-0.15, -0.1) is 0 Å². The molecule has 1 nitrogen and oxygen atoms in total. The monoisotopic (exact) mass is 315 g/mol. The van der Waals surface area contributed by atoms with Crippen molar-refractivity contribution in [3.8, 4) is 0 Å². The average molecular weight is 316 g/mol. The summed E-state index contributed by atoms with van der Waals surface area (Å²) in [5.74, 6) is 0.751. The number of halogens is 1. The van der Waals surface area contributed by atoms with Gasteiger partial charge in [-0.1, -0.05) is 58.4 Å². The molecule has 0 heterocycles. The molecule has 0 aromatic heterocycles. The van der Waals surface area contributed by atoms with Gasteiger partial charge in [0.25, 0.3) is 0 Å². The molecule has 0 radical (unpaired) electrons. The zero-order valence-corrected chi connectivity index (χ0v) is 12.4. The van der Waals surface area contributed by atoms with Crippen LogP contribution in [0, 0.1) is 0 Å². The molecule has 2 heteroatoms. The molecule has 0 amide bonds. The van der Waals surface area contributed by atoms with Crippen molar-refractivity contribution < 1.29 is 0 Å². The molecule has 98 valence electrons. The van der Waals surface area contributed by atoms with E-state index in [1.807, 2.05) is 0 Å². The van der Waals surface area contributed by atoms with Crippen molar-refractivity contribution in [2.24, 2.45) is 0 Å². The van der Waals surface area contributed by atoms with E-state index in [4.69, 9.17) is 0 Å². The Labute approximate surface area is 123 Å². The first kappa shape index (κ1) is 12.9. The van der Waals surface area contributed by atoms with Gasteiger partial charge in [0.15, 0.2) is 0 Å². The van der Waals surface area contributed by atoms with Gasteiger partial charge < -0.3 is 5.32 Å². The fourth-order valence-electron chi connectivity index (χ4n) is 2.69. The molecule has 2 aromatic carbocycles. The molecule has 1 aliphatic carbocycles. The Bertz CT molecular complexity index is 532. The molecule has 0 aliphatic heterocycles. The van der Waals surface area contributed by atoms with Gasteiger partial charge in [0, 0.05) is 17.1 Å². The summed E-state index contributed by atoms with van der Waals surface area (Å²) in [7, 11) is 0. The van der Waals surface area contributed by atoms with E-state index in [1.165, 1.54) is 24.0 Å². The maximum absolute atomic E-state index is 3.64. The summed E-state index contributed by atoms with van der Waals surface area (Å²) >= 11 is 3.51. The maximum Gasteiger partial charge on any atom is 0.0208 e. The Morgan fingerprint density at radius 1 is 1.00 bits per heavy atom. The number of nitrogens with one attached hydrogen (secondary N) is 1. The van der Waals surface area contributed by atoms with Crippen LogP contribution in [0.4, 0.5) is 0 Å². The van der Waals surface area contributed by atoms with Crippen LogP contribution in [0.1, 0.15) is 29.9 Å². The summed E-state index contributed by atoms with van der Waals surface area (Å²) in [6.07, 6.45) is 2.52. The lowest BCUT2D eigenvalue weighted by atomic mass is 9.76. The first-order valence-corrected chi connectivity index (χ1v) is 7.63. The van der Waals surface area contributed by atoms with E-state index in [1.54, 1.807) is 0 Å². The minimum atomic E-state index is 0.671. The van der Waals surface area contributed by atoms with Crippen LogP contribution in [0.15, 0.2) is 59.1 Å². The average Bonchev–Trinajstić information content (AvgIpc) is 2.38. The van der Waals surface area contributed by atoms with Gasteiger partial charge in [0.2, 0.25) is 0 Å². The van der Waals surface area contributed by atoms with Crippen LogP contribution in [0.5, 0.6) is 0 Å². The Morgan fingerprint density at radius 2 is 1.79 bits per heavy atom. The van der Waals surface area contributed by atoms with Crippen LogP contribution in [0.3, 0.4) is 0 Å². The lowest BCUT2D eigenvalue weighted by Crippen LogP contribution is -2.39. The summed E-state index contributed by atoms with van der Waals surface area (Å²) in [6, 6.07) is 20.0. The molecule has 0 spiro atoms. The topological polar surface area (TPSA) is 12.0 Å². The predicted molar refractivity (Wildman–Crippen MR) is 83.2 cm³/mol. The molecule has 0 atom stereocenters. The van der Waals surface area contributed by atoms with Crippen molar-refractivity contribution in [1.29, 1.82) is 0 Å². The van der Waals surface area contributed by atoms with Crippen LogP contribution in [-0.2, 0) is 6.54 Å². The number of hydrogen-bond acceptors (Lipinski definition) is 1. The molecule has 19 heavy (non-hydrogen) atoms. The zero-order valence-electron chi connectivity index (χ0n) is 10.9. The molecule has 0 saturated heterocycles. The van der Waals surface area contributed by atoms with Gasteiger partial charge in [0.1, 0.15) is 0 Å². The van der Waals surface area contributed by atoms with Gasteiger partial charge in [-0.2, -0.15) is 0 Å². The van der Waals surface area contributed by atoms with Crippen molar-refractivity contribution in [3.63, 3.8) is 0 Å². The highest BCUT2D eigenvalue weighted by molar-refractivity contribution is 9.10. The Kier molecular flexibility index (Phi) is 4.00. The number of benzene rings is 2. The maximum atomic E-state index is 3.64. The van der Waals surface area contributed by atoms with Gasteiger partial charge in [-0.05, 0) is 42.0 Å². The van der Waals surface area contributed by atoms with E-state index < -0.39 is 0 Å². The largest absolute Gasteiger partial charge is 0.310 e. The van der Waals surface area contributed by atoms with Crippen LogP contribution < -0.4 is 5.32 Å². The normalized spacial score (nSPS) is 21.9. The summed E-state index contributed by atoms with van der Waals surface area (Å²) < 4.78 is 1.16. The summed E-state index contributed by atoms with van der Waals surface area (Å²) in [4.78, 5) is 0. The first-order valence-electron chi connectivity index (χ1n) is 6.84. The van der Waals surface area contributed by atoms with Crippen molar-refractivity contribution in [2.75, 3.05) is 0 Å². The van der Waals surface area contributed by atoms with Crippen LogP contribution in [0.25, 0.3) is 0 Å². The highest BCUT2D eigenvalue weighted by Gasteiger charge is 2.29. The van der Waals surface area contributed by atoms with Crippen molar-refractivity contribution in [2.45, 2.75) is 31.3 Å². The smallest absolute Gasteiger partial charge is 0.0208 e.